The minimum atomic E-state index is -4.46. The molecule has 5 aliphatic rings. The number of nitrogens with zero attached hydrogens (tertiary/aromatic N) is 1. The van der Waals surface area contributed by atoms with E-state index >= 15 is 0 Å². The molecule has 4 atom stereocenters. The van der Waals surface area contributed by atoms with Gasteiger partial charge in [0.1, 0.15) is 23.0 Å². The Morgan fingerprint density at radius 1 is 0.845 bits per heavy atom. The van der Waals surface area contributed by atoms with Gasteiger partial charge < -0.3 is 28.6 Å². The van der Waals surface area contributed by atoms with Crippen LogP contribution in [0.15, 0.2) is 84.9 Å². The summed E-state index contributed by atoms with van der Waals surface area (Å²) in [6.45, 7) is 5.38. The highest BCUT2D eigenvalue weighted by Crippen LogP contribution is 2.69. The average molecular weight is 788 g/mol. The summed E-state index contributed by atoms with van der Waals surface area (Å²) in [4.78, 5) is 2.29. The molecule has 3 fully saturated rings. The summed E-state index contributed by atoms with van der Waals surface area (Å²) in [6.07, 6.45) is 5.81. The van der Waals surface area contributed by atoms with Crippen molar-refractivity contribution in [2.75, 3.05) is 52.0 Å². The minimum Gasteiger partial charge on any atom is -0.497 e. The fraction of sp³-hybridized carbons (Fsp3) is 0.388. The highest BCUT2D eigenvalue weighted by atomic mass is 19.4. The summed E-state index contributed by atoms with van der Waals surface area (Å²) in [5, 5.41) is 1.81. The second-order valence-electron chi connectivity index (χ2n) is 16.6. The Labute approximate surface area is 337 Å². The van der Waals surface area contributed by atoms with E-state index in [2.05, 4.69) is 48.2 Å². The molecular formula is C49H48F3NO5. The van der Waals surface area contributed by atoms with Gasteiger partial charge in [0.05, 0.1) is 45.3 Å². The molecule has 6 nitrogen and oxygen atoms in total. The van der Waals surface area contributed by atoms with E-state index in [1.54, 1.807) is 20.3 Å². The summed E-state index contributed by atoms with van der Waals surface area (Å²) in [6, 6.07) is 24.9. The number of fused-ring (bicyclic) bond motifs is 13. The summed E-state index contributed by atoms with van der Waals surface area (Å²) in [5.74, 6) is 3.61. The predicted molar refractivity (Wildman–Crippen MR) is 220 cm³/mol. The van der Waals surface area contributed by atoms with E-state index in [4.69, 9.17) is 23.7 Å². The van der Waals surface area contributed by atoms with Gasteiger partial charge in [0, 0.05) is 40.6 Å². The standard InChI is InChI=1S/C49H48F3NO5/c1-4-5-22-57-36-15-10-32(11-16-36)48(31-8-13-35(54-2)14-9-31)19-18-38-45-44(39-27-42(53-20-23-56-24-21-53)43(55-3)28-40(39)46(38)58-48)37-17-12-34(49(50,51)52)26-41(37)47(45)29-30-6-7-33(47)25-30/h8-19,26-28,30,33H,4-7,20-25,29H2,1-3H3. The number of alkyl halides is 3. The van der Waals surface area contributed by atoms with Crippen molar-refractivity contribution in [3.63, 3.8) is 0 Å². The maximum atomic E-state index is 14.6. The number of halogens is 3. The first kappa shape index (κ1) is 37.1. The Bertz CT molecular complexity index is 2420. The molecule has 0 aromatic heterocycles. The Balaban J connectivity index is 1.26. The first-order valence-electron chi connectivity index (χ1n) is 20.7. The van der Waals surface area contributed by atoms with E-state index in [1.807, 2.05) is 36.4 Å². The van der Waals surface area contributed by atoms with Crippen LogP contribution in [0.4, 0.5) is 18.9 Å². The number of morpholine rings is 1. The van der Waals surface area contributed by atoms with Crippen molar-refractivity contribution in [2.45, 2.75) is 62.6 Å². The number of rotatable bonds is 9. The van der Waals surface area contributed by atoms with Gasteiger partial charge >= 0.3 is 6.18 Å². The summed E-state index contributed by atoms with van der Waals surface area (Å²) < 4.78 is 75.0. The zero-order chi connectivity index (χ0) is 39.8. The van der Waals surface area contributed by atoms with Crippen LogP contribution in [-0.2, 0) is 21.9 Å². The van der Waals surface area contributed by atoms with Crippen LogP contribution >= 0.6 is 0 Å². The first-order valence-corrected chi connectivity index (χ1v) is 20.7. The third-order valence-corrected chi connectivity index (χ3v) is 13.7. The first-order chi connectivity index (χ1) is 28.2. The van der Waals surface area contributed by atoms with Crippen molar-refractivity contribution in [1.82, 2.24) is 0 Å². The van der Waals surface area contributed by atoms with Gasteiger partial charge in [-0.1, -0.05) is 56.2 Å². The lowest BCUT2D eigenvalue weighted by Crippen LogP contribution is -2.37. The molecule has 4 unspecified atom stereocenters. The van der Waals surface area contributed by atoms with Crippen molar-refractivity contribution in [1.29, 1.82) is 0 Å². The molecule has 2 saturated carbocycles. The van der Waals surface area contributed by atoms with Gasteiger partial charge in [-0.05, 0) is 120 Å². The van der Waals surface area contributed by atoms with Crippen molar-refractivity contribution in [3.8, 4) is 34.1 Å². The highest BCUT2D eigenvalue weighted by Gasteiger charge is 2.59. The van der Waals surface area contributed by atoms with Crippen molar-refractivity contribution >= 4 is 22.5 Å². The summed E-state index contributed by atoms with van der Waals surface area (Å²) >= 11 is 0. The topological polar surface area (TPSA) is 49.4 Å². The molecule has 1 saturated heterocycles. The molecule has 5 aromatic rings. The third-order valence-electron chi connectivity index (χ3n) is 13.7. The van der Waals surface area contributed by atoms with E-state index in [0.29, 0.717) is 50.3 Å². The van der Waals surface area contributed by atoms with Gasteiger partial charge in [-0.25, -0.2) is 0 Å². The van der Waals surface area contributed by atoms with Crippen LogP contribution < -0.4 is 23.8 Å². The van der Waals surface area contributed by atoms with Gasteiger partial charge in [-0.2, -0.15) is 13.2 Å². The molecule has 300 valence electrons. The van der Waals surface area contributed by atoms with Crippen LogP contribution in [0, 0.1) is 11.8 Å². The maximum Gasteiger partial charge on any atom is 0.416 e. The van der Waals surface area contributed by atoms with Crippen molar-refractivity contribution in [3.05, 3.63) is 118 Å². The number of unbranched alkanes of at least 4 members (excludes halogenated alkanes) is 1. The van der Waals surface area contributed by atoms with Gasteiger partial charge in [0.25, 0.3) is 0 Å². The van der Waals surface area contributed by atoms with E-state index in [9.17, 15) is 13.2 Å². The lowest BCUT2D eigenvalue weighted by molar-refractivity contribution is -0.137. The Morgan fingerprint density at radius 2 is 1.59 bits per heavy atom. The average Bonchev–Trinajstić information content (AvgIpc) is 3.96. The van der Waals surface area contributed by atoms with Gasteiger partial charge in [-0.3, -0.25) is 0 Å². The molecule has 2 heterocycles. The molecule has 1 spiro atoms. The van der Waals surface area contributed by atoms with Crippen molar-refractivity contribution in [2.24, 2.45) is 11.8 Å². The zero-order valence-corrected chi connectivity index (χ0v) is 33.2. The van der Waals surface area contributed by atoms with E-state index in [1.165, 1.54) is 12.1 Å². The fourth-order valence-electron chi connectivity index (χ4n) is 11.0. The smallest absolute Gasteiger partial charge is 0.416 e. The molecule has 0 N–H and O–H groups in total. The second-order valence-corrected chi connectivity index (χ2v) is 16.6. The lowest BCUT2D eigenvalue weighted by Gasteiger charge is -2.41. The van der Waals surface area contributed by atoms with Crippen LogP contribution in [0.25, 0.3) is 28.0 Å². The van der Waals surface area contributed by atoms with Gasteiger partial charge in [0.15, 0.2) is 5.60 Å². The quantitative estimate of drug-likeness (QED) is 0.139. The molecule has 2 aliphatic heterocycles. The molecule has 10 rings (SSSR count). The molecule has 58 heavy (non-hydrogen) atoms. The van der Waals surface area contributed by atoms with Crippen LogP contribution in [0.1, 0.15) is 78.8 Å². The third kappa shape index (κ3) is 5.63. The number of hydrogen-bond donors (Lipinski definition) is 0. The van der Waals surface area contributed by atoms with Crippen LogP contribution in [0.5, 0.6) is 23.0 Å². The van der Waals surface area contributed by atoms with E-state index in [-0.39, 0.29) is 5.92 Å². The normalized spacial score (nSPS) is 24.1. The monoisotopic (exact) mass is 787 g/mol. The maximum absolute atomic E-state index is 14.6. The molecule has 0 amide bonds. The Hall–Kier alpha value is -5.15. The largest absolute Gasteiger partial charge is 0.497 e. The number of ether oxygens (including phenoxy) is 5. The molecular weight excluding hydrogens is 740 g/mol. The van der Waals surface area contributed by atoms with E-state index < -0.39 is 22.8 Å². The lowest BCUT2D eigenvalue weighted by atomic mass is 9.65. The fourth-order valence-corrected chi connectivity index (χ4v) is 11.0. The number of benzene rings is 5. The summed E-state index contributed by atoms with van der Waals surface area (Å²) in [5.41, 5.74) is 5.29. The van der Waals surface area contributed by atoms with Gasteiger partial charge in [0.2, 0.25) is 0 Å². The van der Waals surface area contributed by atoms with E-state index in [0.717, 1.165) is 105 Å². The summed E-state index contributed by atoms with van der Waals surface area (Å²) in [7, 11) is 3.34. The minimum absolute atomic E-state index is 0.224. The Kier molecular flexibility index (Phi) is 8.97. The van der Waals surface area contributed by atoms with Crippen LogP contribution in [0.3, 0.4) is 0 Å². The highest BCUT2D eigenvalue weighted by molar-refractivity contribution is 6.10. The molecule has 2 bridgehead atoms. The number of methoxy groups -OCH3 is 2. The van der Waals surface area contributed by atoms with Gasteiger partial charge in [-0.15, -0.1) is 0 Å². The molecule has 0 radical (unpaired) electrons. The van der Waals surface area contributed by atoms with Crippen LogP contribution in [0.2, 0.25) is 0 Å². The second kappa shape index (κ2) is 14.0. The predicted octanol–water partition coefficient (Wildman–Crippen LogP) is 11.3. The SMILES string of the molecule is CCCCOc1ccc(C2(c3ccc(OC)cc3)C=Cc3c4c(c5cc(N6CCOCC6)c(OC)cc5c3O2)-c2ccc(C(F)(F)F)cc2C42CC3CCC2C3)cc1. The van der Waals surface area contributed by atoms with Crippen LogP contribution in [-0.4, -0.2) is 47.1 Å². The number of anilines is 1. The molecule has 5 aromatic carbocycles. The Morgan fingerprint density at radius 3 is 2.22 bits per heavy atom. The number of hydrogen-bond acceptors (Lipinski definition) is 6. The van der Waals surface area contributed by atoms with Crippen molar-refractivity contribution < 1.29 is 36.9 Å². The molecule has 9 heteroatoms. The molecule has 3 aliphatic carbocycles. The zero-order valence-electron chi connectivity index (χ0n) is 33.2.